The number of hydrogen-bond acceptors (Lipinski definition) is 4. The van der Waals surface area contributed by atoms with E-state index < -0.39 is 0 Å². The van der Waals surface area contributed by atoms with Crippen molar-refractivity contribution < 1.29 is 9.90 Å². The van der Waals surface area contributed by atoms with Gasteiger partial charge in [-0.25, -0.2) is 5.43 Å². The summed E-state index contributed by atoms with van der Waals surface area (Å²) < 4.78 is 1.72. The highest BCUT2D eigenvalue weighted by Gasteiger charge is 2.06. The van der Waals surface area contributed by atoms with Crippen LogP contribution in [0.3, 0.4) is 0 Å². The van der Waals surface area contributed by atoms with Crippen LogP contribution in [-0.4, -0.2) is 23.8 Å². The van der Waals surface area contributed by atoms with Crippen LogP contribution in [0.4, 0.5) is 5.69 Å². The van der Waals surface area contributed by atoms with Crippen molar-refractivity contribution in [1.29, 1.82) is 0 Å². The van der Waals surface area contributed by atoms with Gasteiger partial charge in [-0.1, -0.05) is 36.4 Å². The summed E-state index contributed by atoms with van der Waals surface area (Å²) in [5, 5.41) is 19.2. The van der Waals surface area contributed by atoms with Gasteiger partial charge in [-0.3, -0.25) is 4.79 Å². The van der Waals surface area contributed by atoms with Crippen molar-refractivity contribution >= 4 is 73.8 Å². The highest BCUT2D eigenvalue weighted by molar-refractivity contribution is 14.1. The van der Waals surface area contributed by atoms with Crippen molar-refractivity contribution in [3.05, 3.63) is 67.3 Å². The van der Waals surface area contributed by atoms with Crippen LogP contribution in [0.2, 0.25) is 0 Å². The molecule has 3 aromatic carbocycles. The lowest BCUT2D eigenvalue weighted by atomic mass is 10.1. The summed E-state index contributed by atoms with van der Waals surface area (Å²) >= 11 is 4.22. The summed E-state index contributed by atoms with van der Waals surface area (Å²) in [5.74, 6) is -0.119. The van der Waals surface area contributed by atoms with Gasteiger partial charge in [0.2, 0.25) is 0 Å². The third kappa shape index (κ3) is 4.64. The Morgan fingerprint density at radius 3 is 2.73 bits per heavy atom. The van der Waals surface area contributed by atoms with Crippen LogP contribution in [-0.2, 0) is 4.79 Å². The van der Waals surface area contributed by atoms with E-state index in [1.54, 1.807) is 6.07 Å². The molecule has 132 valence electrons. The number of benzene rings is 3. The number of phenolic OH excluding ortho intramolecular Hbond substituents is 1. The minimum Gasteiger partial charge on any atom is -0.506 e. The van der Waals surface area contributed by atoms with Crippen molar-refractivity contribution in [3.8, 4) is 5.75 Å². The molecule has 0 saturated heterocycles. The Hall–Kier alpha value is -1.88. The standard InChI is InChI=1S/C19H15I2N3O2/c20-14-8-13(19(26)16(21)9-14)10-23-24-18(25)11-22-17-7-3-5-12-4-1-2-6-15(12)17/h1-10,22,26H,11H2,(H,24,25). The largest absolute Gasteiger partial charge is 0.506 e. The van der Waals surface area contributed by atoms with Gasteiger partial charge in [-0.05, 0) is 68.8 Å². The molecule has 0 aliphatic heterocycles. The average molecular weight is 571 g/mol. The summed E-state index contributed by atoms with van der Waals surface area (Å²) in [6.07, 6.45) is 1.44. The maximum Gasteiger partial charge on any atom is 0.259 e. The molecule has 0 unspecified atom stereocenters. The zero-order chi connectivity index (χ0) is 18.5. The molecule has 7 heteroatoms. The molecular formula is C19H15I2N3O2. The van der Waals surface area contributed by atoms with Gasteiger partial charge in [-0.2, -0.15) is 5.10 Å². The van der Waals surface area contributed by atoms with E-state index in [9.17, 15) is 9.90 Å². The summed E-state index contributed by atoms with van der Waals surface area (Å²) in [5.41, 5.74) is 3.92. The number of rotatable bonds is 5. The van der Waals surface area contributed by atoms with Crippen LogP contribution < -0.4 is 10.7 Å². The predicted molar refractivity (Wildman–Crippen MR) is 122 cm³/mol. The van der Waals surface area contributed by atoms with Gasteiger partial charge in [-0.15, -0.1) is 0 Å². The fourth-order valence-electron chi connectivity index (χ4n) is 2.45. The second kappa shape index (κ2) is 8.67. The number of nitrogens with zero attached hydrogens (tertiary/aromatic N) is 1. The first-order valence-electron chi connectivity index (χ1n) is 7.76. The molecule has 3 N–H and O–H groups in total. The van der Waals surface area contributed by atoms with Crippen molar-refractivity contribution in [2.45, 2.75) is 0 Å². The monoisotopic (exact) mass is 571 g/mol. The molecule has 26 heavy (non-hydrogen) atoms. The zero-order valence-electron chi connectivity index (χ0n) is 13.5. The number of aromatic hydroxyl groups is 1. The number of carbonyl (C=O) groups excluding carboxylic acids is 1. The smallest absolute Gasteiger partial charge is 0.259 e. The molecular weight excluding hydrogens is 556 g/mol. The summed E-state index contributed by atoms with van der Waals surface area (Å²) in [6, 6.07) is 17.5. The lowest BCUT2D eigenvalue weighted by Gasteiger charge is -2.09. The zero-order valence-corrected chi connectivity index (χ0v) is 17.9. The molecule has 0 bridgehead atoms. The summed E-state index contributed by atoms with van der Waals surface area (Å²) in [7, 11) is 0. The first-order chi connectivity index (χ1) is 12.5. The van der Waals surface area contributed by atoms with Crippen LogP contribution in [0.25, 0.3) is 10.8 Å². The van der Waals surface area contributed by atoms with Gasteiger partial charge in [0.05, 0.1) is 16.3 Å². The first kappa shape index (κ1) is 18.9. The molecule has 0 radical (unpaired) electrons. The fourth-order valence-corrected chi connectivity index (χ4v) is 4.34. The van der Waals surface area contributed by atoms with E-state index in [-0.39, 0.29) is 18.2 Å². The van der Waals surface area contributed by atoms with Gasteiger partial charge < -0.3 is 10.4 Å². The number of amides is 1. The SMILES string of the molecule is O=C(CNc1cccc2ccccc12)NN=Cc1cc(I)cc(I)c1O. The molecule has 0 aliphatic rings. The molecule has 0 aliphatic carbocycles. The third-order valence-corrected chi connectivity index (χ3v) is 5.12. The molecule has 0 saturated carbocycles. The van der Waals surface area contributed by atoms with Gasteiger partial charge in [0.15, 0.2) is 0 Å². The van der Waals surface area contributed by atoms with Crippen molar-refractivity contribution in [2.24, 2.45) is 5.10 Å². The van der Waals surface area contributed by atoms with E-state index in [0.717, 1.165) is 23.6 Å². The van der Waals surface area contributed by atoms with E-state index in [2.05, 4.69) is 61.0 Å². The van der Waals surface area contributed by atoms with E-state index in [1.165, 1.54) is 6.21 Å². The topological polar surface area (TPSA) is 73.7 Å². The Balaban J connectivity index is 1.61. The minimum atomic E-state index is -0.269. The van der Waals surface area contributed by atoms with E-state index in [0.29, 0.717) is 5.56 Å². The molecule has 0 spiro atoms. The number of hydrazone groups is 1. The highest BCUT2D eigenvalue weighted by atomic mass is 127. The van der Waals surface area contributed by atoms with Crippen LogP contribution in [0, 0.1) is 7.14 Å². The highest BCUT2D eigenvalue weighted by Crippen LogP contribution is 2.25. The Kier molecular flexibility index (Phi) is 6.30. The maximum absolute atomic E-state index is 12.0. The number of nitrogens with one attached hydrogen (secondary N) is 2. The molecule has 3 rings (SSSR count). The third-order valence-electron chi connectivity index (χ3n) is 3.68. The van der Waals surface area contributed by atoms with Gasteiger partial charge in [0, 0.05) is 20.2 Å². The quantitative estimate of drug-likeness (QED) is 0.243. The van der Waals surface area contributed by atoms with Gasteiger partial charge in [0.1, 0.15) is 5.75 Å². The van der Waals surface area contributed by atoms with Crippen LogP contribution in [0.5, 0.6) is 5.75 Å². The maximum atomic E-state index is 12.0. The number of carbonyl (C=O) groups is 1. The molecule has 1 amide bonds. The van der Waals surface area contributed by atoms with Gasteiger partial charge >= 0.3 is 0 Å². The van der Waals surface area contributed by atoms with E-state index >= 15 is 0 Å². The summed E-state index contributed by atoms with van der Waals surface area (Å²) in [4.78, 5) is 12.0. The van der Waals surface area contributed by atoms with E-state index in [4.69, 9.17) is 0 Å². The lowest BCUT2D eigenvalue weighted by Crippen LogP contribution is -2.25. The average Bonchev–Trinajstić information content (AvgIpc) is 2.63. The number of fused-ring (bicyclic) bond motifs is 1. The summed E-state index contributed by atoms with van der Waals surface area (Å²) in [6.45, 7) is 0.0984. The molecule has 5 nitrogen and oxygen atoms in total. The normalized spacial score (nSPS) is 11.0. The first-order valence-corrected chi connectivity index (χ1v) is 9.92. The molecule has 0 atom stereocenters. The Bertz CT molecular complexity index is 984. The minimum absolute atomic E-state index is 0.0984. The number of phenols is 1. The number of anilines is 1. The van der Waals surface area contributed by atoms with Crippen molar-refractivity contribution in [3.63, 3.8) is 0 Å². The van der Waals surface area contributed by atoms with Crippen LogP contribution in [0.1, 0.15) is 5.56 Å². The lowest BCUT2D eigenvalue weighted by molar-refractivity contribution is -0.119. The molecule has 0 fully saturated rings. The second-order valence-corrected chi connectivity index (χ2v) is 7.91. The molecule has 0 aromatic heterocycles. The van der Waals surface area contributed by atoms with Crippen LogP contribution >= 0.6 is 45.2 Å². The second-order valence-electron chi connectivity index (χ2n) is 5.50. The van der Waals surface area contributed by atoms with E-state index in [1.807, 2.05) is 48.5 Å². The molecule has 0 heterocycles. The van der Waals surface area contributed by atoms with Gasteiger partial charge in [0.25, 0.3) is 5.91 Å². The molecule has 3 aromatic rings. The number of hydrogen-bond donors (Lipinski definition) is 3. The Morgan fingerprint density at radius 2 is 1.88 bits per heavy atom. The van der Waals surface area contributed by atoms with Crippen molar-refractivity contribution in [1.82, 2.24) is 5.43 Å². The van der Waals surface area contributed by atoms with Crippen LogP contribution in [0.15, 0.2) is 59.7 Å². The fraction of sp³-hybridized carbons (Fsp3) is 0.0526. The predicted octanol–water partition coefficient (Wildman–Crippen LogP) is 4.32. The Morgan fingerprint density at radius 1 is 1.12 bits per heavy atom. The number of halogens is 2. The Labute approximate surface area is 178 Å². The van der Waals surface area contributed by atoms with Crippen molar-refractivity contribution in [2.75, 3.05) is 11.9 Å².